The molecular formula is C14H20FNO5S. The molecule has 8 heteroatoms. The number of aliphatic carboxylic acids is 1. The zero-order chi connectivity index (χ0) is 17.1. The number of hydrogen-bond acceptors (Lipinski definition) is 4. The molecule has 0 unspecified atom stereocenters. The quantitative estimate of drug-likeness (QED) is 0.795. The molecule has 22 heavy (non-hydrogen) atoms. The second kappa shape index (κ2) is 7.06. The molecule has 124 valence electrons. The smallest absolute Gasteiger partial charge is 0.322 e. The van der Waals surface area contributed by atoms with E-state index in [2.05, 4.69) is 4.72 Å². The number of carboxylic acid groups (broad SMARTS) is 1. The standard InChI is InChI=1S/C14H20FNO5S/c1-5-8(2)13(14(17)18)16-22(19,20)11-7-6-10(21-4)12(15)9(11)3/h6-8,13,16H,5H2,1-4H3,(H,17,18)/t8-,13-/m0/s1. The van der Waals surface area contributed by atoms with Crippen LogP contribution in [0.2, 0.25) is 0 Å². The molecule has 0 saturated heterocycles. The lowest BCUT2D eigenvalue weighted by Gasteiger charge is -2.21. The fraction of sp³-hybridized carbons (Fsp3) is 0.500. The van der Waals surface area contributed by atoms with Gasteiger partial charge in [0.2, 0.25) is 10.0 Å². The van der Waals surface area contributed by atoms with Crippen LogP contribution in [0.15, 0.2) is 17.0 Å². The van der Waals surface area contributed by atoms with Crippen LogP contribution in [-0.2, 0) is 14.8 Å². The maximum absolute atomic E-state index is 14.0. The molecule has 1 aromatic rings. The zero-order valence-electron chi connectivity index (χ0n) is 12.9. The van der Waals surface area contributed by atoms with Gasteiger partial charge in [-0.25, -0.2) is 12.8 Å². The van der Waals surface area contributed by atoms with Gasteiger partial charge in [0.15, 0.2) is 11.6 Å². The molecule has 0 radical (unpaired) electrons. The van der Waals surface area contributed by atoms with Crippen molar-refractivity contribution in [1.82, 2.24) is 4.72 Å². The van der Waals surface area contributed by atoms with Gasteiger partial charge in [0.05, 0.1) is 12.0 Å². The first-order valence-electron chi connectivity index (χ1n) is 6.73. The van der Waals surface area contributed by atoms with Crippen molar-refractivity contribution >= 4 is 16.0 Å². The lowest BCUT2D eigenvalue weighted by atomic mass is 10.0. The number of carbonyl (C=O) groups is 1. The molecule has 1 aromatic carbocycles. The first kappa shape index (κ1) is 18.4. The lowest BCUT2D eigenvalue weighted by molar-refractivity contribution is -0.140. The zero-order valence-corrected chi connectivity index (χ0v) is 13.7. The largest absolute Gasteiger partial charge is 0.494 e. The van der Waals surface area contributed by atoms with Crippen molar-refractivity contribution < 1.29 is 27.4 Å². The SMILES string of the molecule is CC[C@H](C)[C@H](NS(=O)(=O)c1ccc(OC)c(F)c1C)C(=O)O. The lowest BCUT2D eigenvalue weighted by Crippen LogP contribution is -2.45. The second-order valence-electron chi connectivity index (χ2n) is 5.03. The van der Waals surface area contributed by atoms with Crippen LogP contribution < -0.4 is 9.46 Å². The first-order chi connectivity index (χ1) is 10.2. The van der Waals surface area contributed by atoms with Gasteiger partial charge >= 0.3 is 5.97 Å². The van der Waals surface area contributed by atoms with E-state index in [0.717, 1.165) is 0 Å². The number of nitrogens with one attached hydrogen (secondary N) is 1. The topological polar surface area (TPSA) is 92.7 Å². The molecule has 0 spiro atoms. The monoisotopic (exact) mass is 333 g/mol. The molecule has 0 amide bonds. The van der Waals surface area contributed by atoms with Crippen molar-refractivity contribution in [2.45, 2.75) is 38.1 Å². The molecule has 0 aliphatic carbocycles. The summed E-state index contributed by atoms with van der Waals surface area (Å²) in [6.07, 6.45) is 0.482. The highest BCUT2D eigenvalue weighted by atomic mass is 32.2. The summed E-state index contributed by atoms with van der Waals surface area (Å²) in [6, 6.07) is 1.10. The Bertz CT molecular complexity index is 659. The van der Waals surface area contributed by atoms with Crippen LogP contribution in [0.3, 0.4) is 0 Å². The van der Waals surface area contributed by atoms with Crippen molar-refractivity contribution in [3.05, 3.63) is 23.5 Å². The highest BCUT2D eigenvalue weighted by Crippen LogP contribution is 2.26. The Labute approximate surface area is 129 Å². The van der Waals surface area contributed by atoms with E-state index in [-0.39, 0.29) is 16.2 Å². The minimum absolute atomic E-state index is 0.0758. The molecule has 0 heterocycles. The molecule has 2 atom stereocenters. The molecular weight excluding hydrogens is 313 g/mol. The van der Waals surface area contributed by atoms with Gasteiger partial charge in [-0.2, -0.15) is 4.72 Å². The van der Waals surface area contributed by atoms with Crippen LogP contribution in [0.25, 0.3) is 0 Å². The van der Waals surface area contributed by atoms with Crippen molar-refractivity contribution in [2.24, 2.45) is 5.92 Å². The molecule has 1 rings (SSSR count). The Morgan fingerprint density at radius 3 is 2.50 bits per heavy atom. The van der Waals surface area contributed by atoms with E-state index < -0.39 is 33.8 Å². The minimum atomic E-state index is -4.16. The molecule has 0 bridgehead atoms. The minimum Gasteiger partial charge on any atom is -0.494 e. The second-order valence-corrected chi connectivity index (χ2v) is 6.71. The molecule has 0 fully saturated rings. The van der Waals surface area contributed by atoms with E-state index in [1.165, 1.54) is 26.2 Å². The summed E-state index contributed by atoms with van der Waals surface area (Å²) in [5, 5.41) is 9.17. The molecule has 0 aliphatic rings. The molecule has 0 saturated carbocycles. The Kier molecular flexibility index (Phi) is 5.90. The van der Waals surface area contributed by atoms with E-state index in [1.54, 1.807) is 13.8 Å². The summed E-state index contributed by atoms with van der Waals surface area (Å²) in [6.45, 7) is 4.68. The highest BCUT2D eigenvalue weighted by molar-refractivity contribution is 7.89. The van der Waals surface area contributed by atoms with Crippen LogP contribution >= 0.6 is 0 Å². The van der Waals surface area contributed by atoms with Crippen LogP contribution in [0.4, 0.5) is 4.39 Å². The maximum atomic E-state index is 14.0. The van der Waals surface area contributed by atoms with Crippen LogP contribution in [-0.4, -0.2) is 32.6 Å². The molecule has 0 aromatic heterocycles. The van der Waals surface area contributed by atoms with Gasteiger partial charge in [0.1, 0.15) is 6.04 Å². The Morgan fingerprint density at radius 1 is 1.45 bits per heavy atom. The summed E-state index contributed by atoms with van der Waals surface area (Å²) in [5.74, 6) is -2.55. The average Bonchev–Trinajstić information content (AvgIpc) is 2.46. The number of sulfonamides is 1. The van der Waals surface area contributed by atoms with E-state index >= 15 is 0 Å². The van der Waals surface area contributed by atoms with Gasteiger partial charge < -0.3 is 9.84 Å². The van der Waals surface area contributed by atoms with E-state index in [9.17, 15) is 22.7 Å². The summed E-state index contributed by atoms with van der Waals surface area (Å²) >= 11 is 0. The highest BCUT2D eigenvalue weighted by Gasteiger charge is 2.31. The van der Waals surface area contributed by atoms with Crippen LogP contribution in [0.5, 0.6) is 5.75 Å². The average molecular weight is 333 g/mol. The fourth-order valence-corrected chi connectivity index (χ4v) is 3.50. The predicted molar refractivity (Wildman–Crippen MR) is 78.9 cm³/mol. The Hall–Kier alpha value is -1.67. The maximum Gasteiger partial charge on any atom is 0.322 e. The molecule has 0 aliphatic heterocycles. The van der Waals surface area contributed by atoms with Gasteiger partial charge in [-0.15, -0.1) is 0 Å². The number of benzene rings is 1. The first-order valence-corrected chi connectivity index (χ1v) is 8.22. The third-order valence-electron chi connectivity index (χ3n) is 3.57. The molecule has 2 N–H and O–H groups in total. The van der Waals surface area contributed by atoms with E-state index in [0.29, 0.717) is 6.42 Å². The number of halogens is 1. The van der Waals surface area contributed by atoms with Gasteiger partial charge in [-0.05, 0) is 25.0 Å². The Morgan fingerprint density at radius 2 is 2.05 bits per heavy atom. The summed E-state index contributed by atoms with van der Waals surface area (Å²) in [5.41, 5.74) is -0.125. The number of rotatable bonds is 7. The summed E-state index contributed by atoms with van der Waals surface area (Å²) in [7, 11) is -2.89. The van der Waals surface area contributed by atoms with Crippen LogP contribution in [0, 0.1) is 18.7 Å². The fourth-order valence-electron chi connectivity index (χ4n) is 1.97. The van der Waals surface area contributed by atoms with E-state index in [1.807, 2.05) is 0 Å². The van der Waals surface area contributed by atoms with Crippen molar-refractivity contribution in [3.8, 4) is 5.75 Å². The number of carboxylic acids is 1. The van der Waals surface area contributed by atoms with E-state index in [4.69, 9.17) is 4.74 Å². The third-order valence-corrected chi connectivity index (χ3v) is 5.16. The van der Waals surface area contributed by atoms with Gasteiger partial charge in [0.25, 0.3) is 0 Å². The number of ether oxygens (including phenoxy) is 1. The third kappa shape index (κ3) is 3.75. The predicted octanol–water partition coefficient (Wildman–Crippen LogP) is 1.92. The van der Waals surface area contributed by atoms with Crippen molar-refractivity contribution in [2.75, 3.05) is 7.11 Å². The summed E-state index contributed by atoms with van der Waals surface area (Å²) in [4.78, 5) is 10.9. The number of methoxy groups -OCH3 is 1. The number of hydrogen-bond donors (Lipinski definition) is 2. The molecule has 6 nitrogen and oxygen atoms in total. The van der Waals surface area contributed by atoms with Gasteiger partial charge in [-0.3, -0.25) is 4.79 Å². The normalized spacial score (nSPS) is 14.4. The van der Waals surface area contributed by atoms with Crippen LogP contribution in [0.1, 0.15) is 25.8 Å². The van der Waals surface area contributed by atoms with Gasteiger partial charge in [-0.1, -0.05) is 20.3 Å². The van der Waals surface area contributed by atoms with Gasteiger partial charge in [0, 0.05) is 5.56 Å². The Balaban J connectivity index is 3.25. The van der Waals surface area contributed by atoms with Crippen molar-refractivity contribution in [1.29, 1.82) is 0 Å². The summed E-state index contributed by atoms with van der Waals surface area (Å²) < 4.78 is 45.6. The van der Waals surface area contributed by atoms with Crippen molar-refractivity contribution in [3.63, 3.8) is 0 Å².